The average Bonchev–Trinajstić information content (AvgIpc) is 3.19. The number of ether oxygens (including phenoxy) is 1. The second-order valence-electron chi connectivity index (χ2n) is 8.36. The Balaban J connectivity index is 1.40. The van der Waals surface area contributed by atoms with Crippen molar-refractivity contribution in [1.82, 2.24) is 5.32 Å². The van der Waals surface area contributed by atoms with E-state index in [1.54, 1.807) is 19.1 Å². The molecule has 2 N–H and O–H groups in total. The minimum absolute atomic E-state index is 0.326. The molecule has 2 heterocycles. The van der Waals surface area contributed by atoms with Crippen molar-refractivity contribution in [2.75, 3.05) is 41.3 Å². The highest BCUT2D eigenvalue weighted by atomic mass is 32.1. The number of benzene rings is 2. The molecule has 2 fully saturated rings. The molecule has 9 heteroatoms. The highest BCUT2D eigenvalue weighted by molar-refractivity contribution is 7.80. The highest BCUT2D eigenvalue weighted by Gasteiger charge is 2.36. The van der Waals surface area contributed by atoms with E-state index in [2.05, 4.69) is 16.7 Å². The van der Waals surface area contributed by atoms with Crippen LogP contribution in [0.1, 0.15) is 19.8 Å². The Hall–Kier alpha value is -3.38. The molecular weight excluding hydrogens is 441 g/mol. The maximum Gasteiger partial charge on any atom is 0.414 e. The Morgan fingerprint density at radius 1 is 1.27 bits per heavy atom. The lowest BCUT2D eigenvalue weighted by atomic mass is 9.88. The van der Waals surface area contributed by atoms with Gasteiger partial charge in [0.1, 0.15) is 17.5 Å². The van der Waals surface area contributed by atoms with E-state index in [0.717, 1.165) is 5.69 Å². The number of hydrogen-bond acceptors (Lipinski definition) is 6. The largest absolute Gasteiger partial charge is 0.442 e. The van der Waals surface area contributed by atoms with Gasteiger partial charge in [0, 0.05) is 31.6 Å². The Bertz CT molecular complexity index is 1070. The molecule has 0 radical (unpaired) electrons. The van der Waals surface area contributed by atoms with Crippen molar-refractivity contribution in [1.29, 1.82) is 5.26 Å². The summed E-state index contributed by atoms with van der Waals surface area (Å²) in [5, 5.41) is 16.2. The number of amides is 1. The van der Waals surface area contributed by atoms with Gasteiger partial charge in [-0.15, -0.1) is 0 Å². The van der Waals surface area contributed by atoms with Crippen molar-refractivity contribution in [2.24, 2.45) is 0 Å². The van der Waals surface area contributed by atoms with Crippen LogP contribution in [0.15, 0.2) is 48.5 Å². The number of carbonyl (C=O) groups is 1. The van der Waals surface area contributed by atoms with E-state index in [-0.39, 0.29) is 6.10 Å². The summed E-state index contributed by atoms with van der Waals surface area (Å²) in [6.07, 6.45) is 0.272. The fraction of sp³-hybridized carbons (Fsp3) is 0.375. The van der Waals surface area contributed by atoms with Crippen LogP contribution in [0, 0.1) is 17.1 Å². The van der Waals surface area contributed by atoms with Crippen LogP contribution in [0.25, 0.3) is 0 Å². The molecule has 4 rings (SSSR count). The first-order valence-corrected chi connectivity index (χ1v) is 11.3. The summed E-state index contributed by atoms with van der Waals surface area (Å²) in [5.41, 5.74) is 1.14. The van der Waals surface area contributed by atoms with Crippen molar-refractivity contribution < 1.29 is 13.9 Å². The monoisotopic (exact) mass is 467 g/mol. The topological polar surface area (TPSA) is 80.6 Å². The second kappa shape index (κ2) is 9.63. The zero-order valence-corrected chi connectivity index (χ0v) is 19.2. The molecule has 1 amide bonds. The fourth-order valence-corrected chi connectivity index (χ4v) is 4.29. The van der Waals surface area contributed by atoms with Crippen LogP contribution in [-0.2, 0) is 4.74 Å². The van der Waals surface area contributed by atoms with Gasteiger partial charge in [0.05, 0.1) is 35.5 Å². The molecule has 2 saturated heterocycles. The smallest absolute Gasteiger partial charge is 0.414 e. The number of nitriles is 1. The van der Waals surface area contributed by atoms with E-state index < -0.39 is 17.4 Å². The standard InChI is InChI=1S/C24H26FN5O2S/c1-17(33)27-14-20-15-30(23(31)32-20)19-7-8-22(21(25)13-19)29-11-9-24(16-26,10-12-29)28-18-5-3-2-4-6-18/h2-8,13,20,28H,9-12,14-15H2,1H3,(H,27,33)/t20-/m0/s1. The van der Waals surface area contributed by atoms with Crippen LogP contribution in [0.4, 0.5) is 26.2 Å². The summed E-state index contributed by atoms with van der Waals surface area (Å²) in [7, 11) is 0. The molecule has 1 atom stereocenters. The van der Waals surface area contributed by atoms with E-state index >= 15 is 4.39 Å². The Kier molecular flexibility index (Phi) is 6.65. The van der Waals surface area contributed by atoms with Crippen molar-refractivity contribution in [3.63, 3.8) is 0 Å². The molecular formula is C24H26FN5O2S. The molecule has 0 saturated carbocycles. The molecule has 0 unspecified atom stereocenters. The molecule has 0 spiro atoms. The van der Waals surface area contributed by atoms with Gasteiger partial charge in [-0.05, 0) is 37.3 Å². The third-order valence-corrected chi connectivity index (χ3v) is 6.17. The van der Waals surface area contributed by atoms with Gasteiger partial charge in [0.25, 0.3) is 0 Å². The number of carbonyl (C=O) groups excluding carboxylic acids is 1. The van der Waals surface area contributed by atoms with Gasteiger partial charge in [-0.1, -0.05) is 30.4 Å². The van der Waals surface area contributed by atoms with Crippen molar-refractivity contribution in [2.45, 2.75) is 31.4 Å². The molecule has 7 nitrogen and oxygen atoms in total. The van der Waals surface area contributed by atoms with Crippen LogP contribution in [0.5, 0.6) is 0 Å². The van der Waals surface area contributed by atoms with E-state index in [0.29, 0.717) is 55.4 Å². The first kappa shape index (κ1) is 22.8. The van der Waals surface area contributed by atoms with Crippen LogP contribution < -0.4 is 20.4 Å². The van der Waals surface area contributed by atoms with Crippen LogP contribution in [-0.4, -0.2) is 48.9 Å². The number of nitrogens with zero attached hydrogens (tertiary/aromatic N) is 3. The number of anilines is 3. The quantitative estimate of drug-likeness (QED) is 0.620. The van der Waals surface area contributed by atoms with Crippen molar-refractivity contribution >= 4 is 40.4 Å². The van der Waals surface area contributed by atoms with E-state index in [1.165, 1.54) is 11.0 Å². The third kappa shape index (κ3) is 5.17. The summed E-state index contributed by atoms with van der Waals surface area (Å²) in [6.45, 7) is 3.59. The summed E-state index contributed by atoms with van der Waals surface area (Å²) >= 11 is 4.99. The molecule has 2 aromatic carbocycles. The molecule has 2 aliphatic heterocycles. The highest BCUT2D eigenvalue weighted by Crippen LogP contribution is 2.33. The van der Waals surface area contributed by atoms with E-state index in [9.17, 15) is 10.1 Å². The van der Waals surface area contributed by atoms with Crippen LogP contribution >= 0.6 is 12.2 Å². The van der Waals surface area contributed by atoms with Gasteiger partial charge in [-0.2, -0.15) is 5.26 Å². The van der Waals surface area contributed by atoms with Gasteiger partial charge in [0.15, 0.2) is 0 Å². The number of piperidine rings is 1. The molecule has 2 aromatic rings. The molecule has 0 aliphatic carbocycles. The van der Waals surface area contributed by atoms with Gasteiger partial charge in [0.2, 0.25) is 0 Å². The zero-order valence-electron chi connectivity index (χ0n) is 18.4. The number of cyclic esters (lactones) is 1. The zero-order chi connectivity index (χ0) is 23.4. The second-order valence-corrected chi connectivity index (χ2v) is 8.97. The molecule has 33 heavy (non-hydrogen) atoms. The van der Waals surface area contributed by atoms with Crippen molar-refractivity contribution in [3.8, 4) is 6.07 Å². The fourth-order valence-electron chi connectivity index (χ4n) is 4.21. The minimum Gasteiger partial charge on any atom is -0.442 e. The Morgan fingerprint density at radius 2 is 2.00 bits per heavy atom. The number of para-hydroxylation sites is 1. The summed E-state index contributed by atoms with van der Waals surface area (Å²) < 4.78 is 20.4. The average molecular weight is 468 g/mol. The van der Waals surface area contributed by atoms with Crippen LogP contribution in [0.2, 0.25) is 0 Å². The minimum atomic E-state index is -0.683. The summed E-state index contributed by atoms with van der Waals surface area (Å²) in [5.74, 6) is -0.405. The van der Waals surface area contributed by atoms with Crippen LogP contribution in [0.3, 0.4) is 0 Å². The predicted octanol–water partition coefficient (Wildman–Crippen LogP) is 4.06. The summed E-state index contributed by atoms with van der Waals surface area (Å²) in [4.78, 5) is 16.3. The van der Waals surface area contributed by atoms with E-state index in [4.69, 9.17) is 17.0 Å². The van der Waals surface area contributed by atoms with Gasteiger partial charge < -0.3 is 20.3 Å². The number of nitrogens with one attached hydrogen (secondary N) is 2. The molecule has 172 valence electrons. The van der Waals surface area contributed by atoms with Crippen molar-refractivity contribution in [3.05, 3.63) is 54.3 Å². The lowest BCUT2D eigenvalue weighted by Gasteiger charge is -2.39. The molecule has 0 bridgehead atoms. The summed E-state index contributed by atoms with van der Waals surface area (Å²) in [6, 6.07) is 16.9. The van der Waals surface area contributed by atoms with E-state index in [1.807, 2.05) is 35.2 Å². The van der Waals surface area contributed by atoms with Gasteiger partial charge in [-0.3, -0.25) is 4.90 Å². The number of thiocarbonyl (C=S) groups is 1. The third-order valence-electron chi connectivity index (χ3n) is 6.02. The lowest BCUT2D eigenvalue weighted by Crippen LogP contribution is -2.48. The maximum absolute atomic E-state index is 15.1. The predicted molar refractivity (Wildman–Crippen MR) is 130 cm³/mol. The first-order valence-electron chi connectivity index (χ1n) is 10.9. The first-order chi connectivity index (χ1) is 15.9. The van der Waals surface area contributed by atoms with Gasteiger partial charge in [-0.25, -0.2) is 9.18 Å². The number of hydrogen-bond donors (Lipinski definition) is 2. The number of rotatable bonds is 6. The van der Waals surface area contributed by atoms with Gasteiger partial charge >= 0.3 is 6.09 Å². The molecule has 0 aromatic heterocycles. The SMILES string of the molecule is CC(=S)NC[C@H]1CN(c2ccc(N3CCC(C#N)(Nc4ccccc4)CC3)c(F)c2)C(=O)O1. The lowest BCUT2D eigenvalue weighted by molar-refractivity contribution is 0.143. The Labute approximate surface area is 198 Å². The Morgan fingerprint density at radius 3 is 2.64 bits per heavy atom. The molecule has 2 aliphatic rings. The maximum atomic E-state index is 15.1. The number of halogens is 1. The normalized spacial score (nSPS) is 19.5.